The number of hydrogen-bond donors (Lipinski definition) is 1. The van der Waals surface area contributed by atoms with Gasteiger partial charge in [-0.15, -0.1) is 0 Å². The van der Waals surface area contributed by atoms with Crippen LogP contribution in [0.3, 0.4) is 0 Å². The minimum Gasteiger partial charge on any atom is -0.378 e. The molecule has 1 heterocycles. The standard InChI is InChI=1S/C15H21N3O/c1-11(2)17-14-7-4-8-18(15(14)19)13-6-3-5-12(9-13)10-16/h4,7-8,11-13,17H,3,5-6,9H2,1-2H3/t12-,13+/m1/s1. The van der Waals surface area contributed by atoms with Crippen molar-refractivity contribution in [2.75, 3.05) is 5.32 Å². The van der Waals surface area contributed by atoms with Gasteiger partial charge in [-0.3, -0.25) is 4.79 Å². The molecule has 0 radical (unpaired) electrons. The van der Waals surface area contributed by atoms with E-state index in [2.05, 4.69) is 11.4 Å². The Morgan fingerprint density at radius 2 is 2.26 bits per heavy atom. The fraction of sp³-hybridized carbons (Fsp3) is 0.600. The van der Waals surface area contributed by atoms with Crippen LogP contribution < -0.4 is 10.9 Å². The minimum atomic E-state index is 0.0276. The Morgan fingerprint density at radius 3 is 2.95 bits per heavy atom. The van der Waals surface area contributed by atoms with Gasteiger partial charge in [0.2, 0.25) is 0 Å². The number of anilines is 1. The highest BCUT2D eigenvalue weighted by Crippen LogP contribution is 2.31. The van der Waals surface area contributed by atoms with Gasteiger partial charge in [0.15, 0.2) is 0 Å². The molecule has 0 saturated heterocycles. The number of aromatic nitrogens is 1. The van der Waals surface area contributed by atoms with E-state index in [9.17, 15) is 4.79 Å². The smallest absolute Gasteiger partial charge is 0.274 e. The third kappa shape index (κ3) is 3.17. The lowest BCUT2D eigenvalue weighted by molar-refractivity contribution is 0.303. The molecule has 2 atom stereocenters. The fourth-order valence-electron chi connectivity index (χ4n) is 2.75. The molecule has 1 aliphatic rings. The Morgan fingerprint density at radius 1 is 1.47 bits per heavy atom. The summed E-state index contributed by atoms with van der Waals surface area (Å²) in [5.41, 5.74) is 0.677. The zero-order chi connectivity index (χ0) is 13.8. The molecule has 1 aliphatic carbocycles. The van der Waals surface area contributed by atoms with Crippen LogP contribution in [0.1, 0.15) is 45.6 Å². The van der Waals surface area contributed by atoms with Crippen LogP contribution in [-0.2, 0) is 0 Å². The highest BCUT2D eigenvalue weighted by molar-refractivity contribution is 5.41. The van der Waals surface area contributed by atoms with Gasteiger partial charge in [-0.2, -0.15) is 5.26 Å². The van der Waals surface area contributed by atoms with Crippen LogP contribution >= 0.6 is 0 Å². The van der Waals surface area contributed by atoms with Gasteiger partial charge in [0.25, 0.3) is 5.56 Å². The summed E-state index contributed by atoms with van der Waals surface area (Å²) in [6.45, 7) is 4.03. The molecule has 1 fully saturated rings. The Labute approximate surface area is 114 Å². The van der Waals surface area contributed by atoms with Gasteiger partial charge < -0.3 is 9.88 Å². The van der Waals surface area contributed by atoms with Crippen molar-refractivity contribution in [1.29, 1.82) is 5.26 Å². The van der Waals surface area contributed by atoms with E-state index in [0.717, 1.165) is 25.7 Å². The molecular formula is C15H21N3O. The first-order chi connectivity index (χ1) is 9.11. The van der Waals surface area contributed by atoms with Crippen LogP contribution in [0.5, 0.6) is 0 Å². The number of rotatable bonds is 3. The van der Waals surface area contributed by atoms with Crippen molar-refractivity contribution in [1.82, 2.24) is 4.57 Å². The molecule has 0 amide bonds. The van der Waals surface area contributed by atoms with E-state index in [-0.39, 0.29) is 23.6 Å². The van der Waals surface area contributed by atoms with Crippen molar-refractivity contribution in [3.8, 4) is 6.07 Å². The zero-order valence-corrected chi connectivity index (χ0v) is 11.6. The number of pyridine rings is 1. The van der Waals surface area contributed by atoms with E-state index in [0.29, 0.717) is 5.69 Å². The second-order valence-corrected chi connectivity index (χ2v) is 5.58. The summed E-state index contributed by atoms with van der Waals surface area (Å²) in [5.74, 6) is 0.0902. The Hall–Kier alpha value is -1.76. The summed E-state index contributed by atoms with van der Waals surface area (Å²) >= 11 is 0. The quantitative estimate of drug-likeness (QED) is 0.908. The SMILES string of the molecule is CC(C)Nc1cccn([C@H]2CCC[C@@H](C#N)C2)c1=O. The molecule has 4 heteroatoms. The van der Waals surface area contributed by atoms with E-state index in [4.69, 9.17) is 5.26 Å². The van der Waals surface area contributed by atoms with E-state index < -0.39 is 0 Å². The number of nitriles is 1. The normalized spacial score (nSPS) is 23.1. The third-order valence-corrected chi connectivity index (χ3v) is 3.64. The first-order valence-electron chi connectivity index (χ1n) is 6.99. The van der Waals surface area contributed by atoms with Crippen molar-refractivity contribution >= 4 is 5.69 Å². The van der Waals surface area contributed by atoms with E-state index in [1.54, 1.807) is 4.57 Å². The Kier molecular flexibility index (Phi) is 4.26. The summed E-state index contributed by atoms with van der Waals surface area (Å²) in [7, 11) is 0. The van der Waals surface area contributed by atoms with Gasteiger partial charge in [-0.1, -0.05) is 6.42 Å². The molecule has 4 nitrogen and oxygen atoms in total. The lowest BCUT2D eigenvalue weighted by Crippen LogP contribution is -2.30. The monoisotopic (exact) mass is 259 g/mol. The van der Waals surface area contributed by atoms with Crippen molar-refractivity contribution in [3.63, 3.8) is 0 Å². The van der Waals surface area contributed by atoms with Crippen LogP contribution in [0.15, 0.2) is 23.1 Å². The van der Waals surface area contributed by atoms with Crippen LogP contribution in [-0.4, -0.2) is 10.6 Å². The van der Waals surface area contributed by atoms with Crippen molar-refractivity contribution in [2.24, 2.45) is 5.92 Å². The fourth-order valence-corrected chi connectivity index (χ4v) is 2.75. The molecule has 0 spiro atoms. The minimum absolute atomic E-state index is 0.0276. The van der Waals surface area contributed by atoms with Crippen LogP contribution in [0.2, 0.25) is 0 Å². The number of hydrogen-bond acceptors (Lipinski definition) is 3. The average Bonchev–Trinajstić information content (AvgIpc) is 2.41. The molecule has 0 unspecified atom stereocenters. The lowest BCUT2D eigenvalue weighted by Gasteiger charge is -2.27. The maximum Gasteiger partial charge on any atom is 0.274 e. The Bertz CT molecular complexity index is 527. The second kappa shape index (κ2) is 5.92. The van der Waals surface area contributed by atoms with Gasteiger partial charge in [0.1, 0.15) is 5.69 Å². The topological polar surface area (TPSA) is 57.8 Å². The highest BCUT2D eigenvalue weighted by atomic mass is 16.1. The van der Waals surface area contributed by atoms with Crippen molar-refractivity contribution < 1.29 is 0 Å². The van der Waals surface area contributed by atoms with Crippen molar-refractivity contribution in [2.45, 2.75) is 51.6 Å². The molecule has 0 aliphatic heterocycles. The molecule has 0 bridgehead atoms. The summed E-state index contributed by atoms with van der Waals surface area (Å²) < 4.78 is 1.80. The second-order valence-electron chi connectivity index (χ2n) is 5.58. The predicted molar refractivity (Wildman–Crippen MR) is 76.1 cm³/mol. The van der Waals surface area contributed by atoms with E-state index in [1.807, 2.05) is 32.2 Å². The summed E-state index contributed by atoms with van der Waals surface area (Å²) in [6, 6.07) is 6.47. The van der Waals surface area contributed by atoms with Gasteiger partial charge in [-0.05, 0) is 45.2 Å². The first kappa shape index (κ1) is 13.7. The van der Waals surface area contributed by atoms with Gasteiger partial charge in [0, 0.05) is 24.2 Å². The Balaban J connectivity index is 2.25. The van der Waals surface area contributed by atoms with E-state index in [1.165, 1.54) is 0 Å². The van der Waals surface area contributed by atoms with Crippen LogP contribution in [0.4, 0.5) is 5.69 Å². The van der Waals surface area contributed by atoms with E-state index >= 15 is 0 Å². The maximum absolute atomic E-state index is 12.4. The molecule has 102 valence electrons. The molecule has 2 rings (SSSR count). The van der Waals surface area contributed by atoms with Gasteiger partial charge >= 0.3 is 0 Å². The molecule has 19 heavy (non-hydrogen) atoms. The average molecular weight is 259 g/mol. The molecular weight excluding hydrogens is 238 g/mol. The highest BCUT2D eigenvalue weighted by Gasteiger charge is 2.24. The largest absolute Gasteiger partial charge is 0.378 e. The zero-order valence-electron chi connectivity index (χ0n) is 11.6. The summed E-state index contributed by atoms with van der Waals surface area (Å²) in [4.78, 5) is 12.4. The first-order valence-corrected chi connectivity index (χ1v) is 6.99. The molecule has 1 saturated carbocycles. The van der Waals surface area contributed by atoms with Crippen LogP contribution in [0.25, 0.3) is 0 Å². The lowest BCUT2D eigenvalue weighted by atomic mass is 9.86. The molecule has 1 aromatic rings. The van der Waals surface area contributed by atoms with Crippen LogP contribution in [0, 0.1) is 17.2 Å². The predicted octanol–water partition coefficient (Wildman–Crippen LogP) is 2.92. The van der Waals surface area contributed by atoms with Gasteiger partial charge in [-0.25, -0.2) is 0 Å². The molecule has 0 aromatic carbocycles. The summed E-state index contributed by atoms with van der Waals surface area (Å²) in [6.07, 6.45) is 5.62. The number of nitrogens with one attached hydrogen (secondary N) is 1. The molecule has 1 aromatic heterocycles. The maximum atomic E-state index is 12.4. The van der Waals surface area contributed by atoms with Gasteiger partial charge in [0.05, 0.1) is 6.07 Å². The third-order valence-electron chi connectivity index (χ3n) is 3.64. The van der Waals surface area contributed by atoms with Crippen molar-refractivity contribution in [3.05, 3.63) is 28.7 Å². The summed E-state index contributed by atoms with van der Waals surface area (Å²) in [5, 5.41) is 12.2. The molecule has 1 N–H and O–H groups in total. The number of nitrogens with zero attached hydrogens (tertiary/aromatic N) is 2.